The lowest BCUT2D eigenvalue weighted by molar-refractivity contribution is 0.222. The minimum atomic E-state index is 0.722. The molecule has 0 rings (SSSR count). The molecular weight excluding hydrogens is 194 g/mol. The third-order valence-electron chi connectivity index (χ3n) is 2.25. The normalized spacial score (nSPS) is 9.38. The second kappa shape index (κ2) is 20.4. The van der Waals surface area contributed by atoms with Crippen molar-refractivity contribution >= 4 is 0 Å². The molecule has 0 aliphatic carbocycles. The Kier molecular flexibility index (Phi) is 27.1. The van der Waals surface area contributed by atoms with Crippen LogP contribution in [0, 0.1) is 0 Å². The second-order valence-electron chi connectivity index (χ2n) is 4.13. The van der Waals surface area contributed by atoms with Gasteiger partial charge in [0.15, 0.2) is 0 Å². The Morgan fingerprint density at radius 2 is 1.00 bits per heavy atom. The first-order valence-electron chi connectivity index (χ1n) is 7.37. The predicted octanol–water partition coefficient (Wildman–Crippen LogP) is 5.35. The number of hydrogen-bond acceptors (Lipinski definition) is 1. The van der Waals surface area contributed by atoms with Gasteiger partial charge in [0.1, 0.15) is 0 Å². The molecule has 16 heavy (non-hydrogen) atoms. The first-order chi connectivity index (χ1) is 7.63. The first kappa shape index (κ1) is 21.3. The van der Waals surface area contributed by atoms with Crippen molar-refractivity contribution in [3.05, 3.63) is 0 Å². The molecule has 1 nitrogen and oxygen atoms in total. The molecule has 0 aromatic rings. The minimum Gasteiger partial charge on any atom is -0.301 e. The highest BCUT2D eigenvalue weighted by atomic mass is 15.1. The van der Waals surface area contributed by atoms with Crippen LogP contribution in [-0.2, 0) is 0 Å². The highest BCUT2D eigenvalue weighted by Gasteiger charge is 2.04. The summed E-state index contributed by atoms with van der Waals surface area (Å²) in [6, 6.07) is 0.722. The molecule has 0 bridgehead atoms. The molecule has 0 amide bonds. The topological polar surface area (TPSA) is 3.24 Å². The molecule has 0 aromatic carbocycles. The van der Waals surface area contributed by atoms with E-state index in [9.17, 15) is 0 Å². The van der Waals surface area contributed by atoms with E-state index in [1.807, 2.05) is 13.8 Å². The van der Waals surface area contributed by atoms with E-state index in [0.717, 1.165) is 6.04 Å². The Morgan fingerprint density at radius 1 is 0.688 bits per heavy atom. The van der Waals surface area contributed by atoms with Crippen LogP contribution in [-0.4, -0.2) is 24.0 Å². The zero-order chi connectivity index (χ0) is 13.4. The van der Waals surface area contributed by atoms with Gasteiger partial charge in [0.25, 0.3) is 0 Å². The number of nitrogens with zero attached hydrogens (tertiary/aromatic N) is 1. The first-order valence-corrected chi connectivity index (χ1v) is 7.37. The molecule has 0 radical (unpaired) electrons. The van der Waals surface area contributed by atoms with E-state index in [-0.39, 0.29) is 0 Å². The van der Waals surface area contributed by atoms with Gasteiger partial charge in [-0.25, -0.2) is 0 Å². The predicted molar refractivity (Wildman–Crippen MR) is 79.2 cm³/mol. The van der Waals surface area contributed by atoms with Gasteiger partial charge in [-0.15, -0.1) is 0 Å². The van der Waals surface area contributed by atoms with E-state index in [2.05, 4.69) is 46.4 Å². The van der Waals surface area contributed by atoms with Crippen LogP contribution < -0.4 is 0 Å². The van der Waals surface area contributed by atoms with Gasteiger partial charge in [-0.2, -0.15) is 0 Å². The van der Waals surface area contributed by atoms with E-state index in [4.69, 9.17) is 0 Å². The molecule has 0 N–H and O–H groups in total. The van der Waals surface area contributed by atoms with Crippen LogP contribution in [0.1, 0.15) is 81.1 Å². The lowest BCUT2D eigenvalue weighted by atomic mass is 10.3. The molecule has 0 aliphatic rings. The van der Waals surface area contributed by atoms with Crippen LogP contribution in [0.25, 0.3) is 0 Å². The third kappa shape index (κ3) is 19.5. The molecule has 0 spiro atoms. The van der Waals surface area contributed by atoms with E-state index in [0.29, 0.717) is 0 Å². The summed E-state index contributed by atoms with van der Waals surface area (Å²) in [5, 5.41) is 0. The zero-order valence-electron chi connectivity index (χ0n) is 13.3. The molecular formula is C15H37N. The summed E-state index contributed by atoms with van der Waals surface area (Å²) in [7, 11) is 0. The SMILES string of the molecule is CC.CCCC.CCCN(CCC)C(C)C. The van der Waals surface area contributed by atoms with Crippen molar-refractivity contribution < 1.29 is 0 Å². The highest BCUT2D eigenvalue weighted by molar-refractivity contribution is 4.60. The number of unbranched alkanes of at least 4 members (excludes halogenated alkanes) is 1. The Labute approximate surface area is 106 Å². The summed E-state index contributed by atoms with van der Waals surface area (Å²) >= 11 is 0. The van der Waals surface area contributed by atoms with Crippen molar-refractivity contribution in [1.29, 1.82) is 0 Å². The van der Waals surface area contributed by atoms with Gasteiger partial charge >= 0.3 is 0 Å². The maximum atomic E-state index is 2.53. The van der Waals surface area contributed by atoms with E-state index in [1.54, 1.807) is 0 Å². The van der Waals surface area contributed by atoms with Crippen LogP contribution in [0.5, 0.6) is 0 Å². The molecule has 0 fully saturated rings. The van der Waals surface area contributed by atoms with Crippen molar-refractivity contribution in [3.8, 4) is 0 Å². The molecule has 102 valence electrons. The Morgan fingerprint density at radius 3 is 1.12 bits per heavy atom. The third-order valence-corrected chi connectivity index (χ3v) is 2.25. The smallest absolute Gasteiger partial charge is 0.00385 e. The van der Waals surface area contributed by atoms with Crippen LogP contribution in [0.2, 0.25) is 0 Å². The highest BCUT2D eigenvalue weighted by Crippen LogP contribution is 1.99. The van der Waals surface area contributed by atoms with Gasteiger partial charge in [-0.05, 0) is 39.8 Å². The second-order valence-corrected chi connectivity index (χ2v) is 4.13. The Balaban J connectivity index is -0.000000237. The summed E-state index contributed by atoms with van der Waals surface area (Å²) in [5.41, 5.74) is 0. The molecule has 0 heterocycles. The van der Waals surface area contributed by atoms with E-state index >= 15 is 0 Å². The molecule has 0 aromatic heterocycles. The largest absolute Gasteiger partial charge is 0.301 e. The van der Waals surface area contributed by atoms with Gasteiger partial charge in [0.05, 0.1) is 0 Å². The maximum Gasteiger partial charge on any atom is 0.00385 e. The van der Waals surface area contributed by atoms with Gasteiger partial charge < -0.3 is 4.90 Å². The maximum absolute atomic E-state index is 2.53. The zero-order valence-corrected chi connectivity index (χ0v) is 13.3. The molecule has 1 heteroatoms. The molecule has 0 saturated carbocycles. The lowest BCUT2D eigenvalue weighted by Crippen LogP contribution is -2.32. The summed E-state index contributed by atoms with van der Waals surface area (Å²) in [6.07, 6.45) is 5.19. The standard InChI is InChI=1S/C9H21N.C4H10.C2H6/c1-5-7-10(8-6-2)9(3)4;1-3-4-2;1-2/h9H,5-8H2,1-4H3;3-4H2,1-2H3;1-2H3. The summed E-state index contributed by atoms with van der Waals surface area (Å²) < 4.78 is 0. The van der Waals surface area contributed by atoms with Gasteiger partial charge in [-0.3, -0.25) is 0 Å². The van der Waals surface area contributed by atoms with Crippen molar-refractivity contribution in [1.82, 2.24) is 4.90 Å². The van der Waals surface area contributed by atoms with Crippen molar-refractivity contribution in [2.24, 2.45) is 0 Å². The van der Waals surface area contributed by atoms with Crippen molar-refractivity contribution in [2.75, 3.05) is 13.1 Å². The summed E-state index contributed by atoms with van der Waals surface area (Å²) in [4.78, 5) is 2.53. The Bertz CT molecular complexity index is 81.4. The monoisotopic (exact) mass is 231 g/mol. The van der Waals surface area contributed by atoms with Crippen LogP contribution in [0.15, 0.2) is 0 Å². The molecule has 0 unspecified atom stereocenters. The molecule has 0 saturated heterocycles. The lowest BCUT2D eigenvalue weighted by Gasteiger charge is -2.24. The minimum absolute atomic E-state index is 0.722. The molecule has 0 aliphatic heterocycles. The summed E-state index contributed by atoms with van der Waals surface area (Å²) in [5.74, 6) is 0. The van der Waals surface area contributed by atoms with Gasteiger partial charge in [0, 0.05) is 6.04 Å². The van der Waals surface area contributed by atoms with E-state index in [1.165, 1.54) is 38.8 Å². The van der Waals surface area contributed by atoms with E-state index < -0.39 is 0 Å². The fraction of sp³-hybridized carbons (Fsp3) is 1.00. The summed E-state index contributed by atoms with van der Waals surface area (Å²) in [6.45, 7) is 19.9. The molecule has 0 atom stereocenters. The fourth-order valence-corrected chi connectivity index (χ4v) is 1.20. The van der Waals surface area contributed by atoms with Crippen molar-refractivity contribution in [3.63, 3.8) is 0 Å². The van der Waals surface area contributed by atoms with Crippen molar-refractivity contribution in [2.45, 2.75) is 87.1 Å². The van der Waals surface area contributed by atoms with Gasteiger partial charge in [-0.1, -0.05) is 54.4 Å². The quantitative estimate of drug-likeness (QED) is 0.595. The fourth-order valence-electron chi connectivity index (χ4n) is 1.20. The average Bonchev–Trinajstić information content (AvgIpc) is 2.31. The van der Waals surface area contributed by atoms with Crippen LogP contribution in [0.4, 0.5) is 0 Å². The van der Waals surface area contributed by atoms with Gasteiger partial charge in [0.2, 0.25) is 0 Å². The number of hydrogen-bond donors (Lipinski definition) is 0. The Hall–Kier alpha value is -0.0400. The van der Waals surface area contributed by atoms with Crippen LogP contribution in [0.3, 0.4) is 0 Å². The number of rotatable bonds is 6. The van der Waals surface area contributed by atoms with Crippen LogP contribution >= 0.6 is 0 Å². The average molecular weight is 231 g/mol.